The van der Waals surface area contributed by atoms with E-state index in [0.717, 1.165) is 24.7 Å². The molecule has 28 heavy (non-hydrogen) atoms. The number of ether oxygens (including phenoxy) is 1. The molecule has 0 saturated carbocycles. The molecule has 152 valence electrons. The highest BCUT2D eigenvalue weighted by molar-refractivity contribution is 5.92. The molecular formula is C21H25F3N2O2. The summed E-state index contributed by atoms with van der Waals surface area (Å²) in [7, 11) is 1.62. The minimum atomic E-state index is -4.50. The quantitative estimate of drug-likeness (QED) is 0.609. The maximum absolute atomic E-state index is 13.0. The first-order valence-corrected chi connectivity index (χ1v) is 9.12. The van der Waals surface area contributed by atoms with Gasteiger partial charge in [0.2, 0.25) is 5.91 Å². The number of carbonyl (C=O) groups is 1. The molecule has 2 aromatic rings. The molecule has 0 heterocycles. The number of para-hydroxylation sites is 1. The lowest BCUT2D eigenvalue weighted by atomic mass is 10.1. The first-order valence-electron chi connectivity index (χ1n) is 9.12. The number of alkyl halides is 3. The van der Waals surface area contributed by atoms with Crippen molar-refractivity contribution < 1.29 is 22.7 Å². The monoisotopic (exact) mass is 394 g/mol. The number of amides is 1. The second-order valence-electron chi connectivity index (χ2n) is 6.60. The third kappa shape index (κ3) is 6.88. The fraction of sp³-hybridized carbons (Fsp3) is 0.381. The molecule has 0 aliphatic rings. The lowest BCUT2D eigenvalue weighted by molar-refractivity contribution is -0.137. The van der Waals surface area contributed by atoms with E-state index < -0.39 is 17.6 Å². The van der Waals surface area contributed by atoms with Crippen molar-refractivity contribution in [3.63, 3.8) is 0 Å². The van der Waals surface area contributed by atoms with Crippen molar-refractivity contribution in [2.24, 2.45) is 0 Å². The number of hydrogen-bond donors (Lipinski definition) is 2. The van der Waals surface area contributed by atoms with Gasteiger partial charge in [0.05, 0.1) is 18.4 Å². The summed E-state index contributed by atoms with van der Waals surface area (Å²) in [6.07, 6.45) is -2.64. The fourth-order valence-corrected chi connectivity index (χ4v) is 2.82. The van der Waals surface area contributed by atoms with E-state index in [-0.39, 0.29) is 18.2 Å². The van der Waals surface area contributed by atoms with Gasteiger partial charge in [-0.05, 0) is 56.1 Å². The van der Waals surface area contributed by atoms with Crippen LogP contribution in [0.5, 0.6) is 5.75 Å². The molecule has 0 bridgehead atoms. The number of halogens is 3. The molecule has 2 rings (SSSR count). The SMILES string of the molecule is COc1ccc(CCCNC(C)CC(=O)Nc2ccccc2C(F)(F)F)cc1. The molecule has 0 fully saturated rings. The van der Waals surface area contributed by atoms with Gasteiger partial charge in [-0.1, -0.05) is 24.3 Å². The predicted molar refractivity (Wildman–Crippen MR) is 103 cm³/mol. The summed E-state index contributed by atoms with van der Waals surface area (Å²) in [5, 5.41) is 5.59. The Balaban J connectivity index is 1.74. The van der Waals surface area contributed by atoms with E-state index in [0.29, 0.717) is 6.54 Å². The summed E-state index contributed by atoms with van der Waals surface area (Å²) in [6.45, 7) is 2.54. The van der Waals surface area contributed by atoms with Gasteiger partial charge in [-0.3, -0.25) is 4.79 Å². The van der Waals surface area contributed by atoms with Crippen LogP contribution in [0.1, 0.15) is 30.9 Å². The second-order valence-corrected chi connectivity index (χ2v) is 6.60. The average Bonchev–Trinajstić information content (AvgIpc) is 2.65. The molecule has 2 N–H and O–H groups in total. The number of methoxy groups -OCH3 is 1. The molecule has 0 aliphatic heterocycles. The summed E-state index contributed by atoms with van der Waals surface area (Å²) in [5.41, 5.74) is 0.131. The van der Waals surface area contributed by atoms with Crippen LogP contribution in [0.3, 0.4) is 0 Å². The highest BCUT2D eigenvalue weighted by Crippen LogP contribution is 2.34. The van der Waals surface area contributed by atoms with E-state index in [1.807, 2.05) is 31.2 Å². The molecule has 7 heteroatoms. The lowest BCUT2D eigenvalue weighted by Crippen LogP contribution is -2.31. The van der Waals surface area contributed by atoms with E-state index in [2.05, 4.69) is 10.6 Å². The van der Waals surface area contributed by atoms with Crippen LogP contribution in [0, 0.1) is 0 Å². The van der Waals surface area contributed by atoms with E-state index in [1.165, 1.54) is 23.8 Å². The average molecular weight is 394 g/mol. The smallest absolute Gasteiger partial charge is 0.418 e. The van der Waals surface area contributed by atoms with E-state index in [9.17, 15) is 18.0 Å². The minimum Gasteiger partial charge on any atom is -0.497 e. The van der Waals surface area contributed by atoms with Crippen LogP contribution in [-0.2, 0) is 17.4 Å². The van der Waals surface area contributed by atoms with Gasteiger partial charge in [0, 0.05) is 12.5 Å². The molecule has 1 amide bonds. The second kappa shape index (κ2) is 10.1. The van der Waals surface area contributed by atoms with Crippen LogP contribution in [0.25, 0.3) is 0 Å². The highest BCUT2D eigenvalue weighted by Gasteiger charge is 2.33. The van der Waals surface area contributed by atoms with Crippen LogP contribution in [0.4, 0.5) is 18.9 Å². The number of anilines is 1. The van der Waals surface area contributed by atoms with E-state index >= 15 is 0 Å². The zero-order valence-corrected chi connectivity index (χ0v) is 16.0. The summed E-state index contributed by atoms with van der Waals surface area (Å²) >= 11 is 0. The number of hydrogen-bond acceptors (Lipinski definition) is 3. The number of nitrogens with one attached hydrogen (secondary N) is 2. The summed E-state index contributed by atoms with van der Waals surface area (Å²) < 4.78 is 44.1. The fourth-order valence-electron chi connectivity index (χ4n) is 2.82. The zero-order chi connectivity index (χ0) is 20.6. The van der Waals surface area contributed by atoms with Gasteiger partial charge in [-0.25, -0.2) is 0 Å². The molecule has 1 unspecified atom stereocenters. The molecular weight excluding hydrogens is 369 g/mol. The van der Waals surface area contributed by atoms with Crippen LogP contribution in [-0.4, -0.2) is 25.6 Å². The van der Waals surface area contributed by atoms with Crippen LogP contribution >= 0.6 is 0 Å². The Bertz CT molecular complexity index is 761. The van der Waals surface area contributed by atoms with E-state index in [1.54, 1.807) is 7.11 Å². The van der Waals surface area contributed by atoms with Gasteiger partial charge in [-0.2, -0.15) is 13.2 Å². The van der Waals surface area contributed by atoms with Gasteiger partial charge in [0.25, 0.3) is 0 Å². The molecule has 4 nitrogen and oxygen atoms in total. The van der Waals surface area contributed by atoms with E-state index in [4.69, 9.17) is 4.74 Å². The summed E-state index contributed by atoms with van der Waals surface area (Å²) in [6, 6.07) is 12.7. The van der Waals surface area contributed by atoms with Gasteiger partial charge in [-0.15, -0.1) is 0 Å². The molecule has 2 aromatic carbocycles. The summed E-state index contributed by atoms with van der Waals surface area (Å²) in [5.74, 6) is 0.362. The van der Waals surface area contributed by atoms with Crippen LogP contribution in [0.15, 0.2) is 48.5 Å². The predicted octanol–water partition coefficient (Wildman–Crippen LogP) is 4.65. The Morgan fingerprint density at radius 2 is 1.79 bits per heavy atom. The maximum Gasteiger partial charge on any atom is 0.418 e. The maximum atomic E-state index is 13.0. The molecule has 1 atom stereocenters. The number of carbonyl (C=O) groups excluding carboxylic acids is 1. The first kappa shape index (κ1) is 21.8. The van der Waals surface area contributed by atoms with Crippen molar-refractivity contribution in [1.82, 2.24) is 5.32 Å². The van der Waals surface area contributed by atoms with Crippen molar-refractivity contribution in [3.05, 3.63) is 59.7 Å². The van der Waals surface area contributed by atoms with Crippen LogP contribution in [0.2, 0.25) is 0 Å². The highest BCUT2D eigenvalue weighted by atomic mass is 19.4. The van der Waals surface area contributed by atoms with Gasteiger partial charge < -0.3 is 15.4 Å². The number of rotatable bonds is 9. The molecule has 0 aliphatic carbocycles. The van der Waals surface area contributed by atoms with Crippen molar-refractivity contribution >= 4 is 11.6 Å². The summed E-state index contributed by atoms with van der Waals surface area (Å²) in [4.78, 5) is 12.1. The van der Waals surface area contributed by atoms with Crippen molar-refractivity contribution in [2.45, 2.75) is 38.4 Å². The number of benzene rings is 2. The molecule has 0 aromatic heterocycles. The standard InChI is InChI=1S/C21H25F3N2O2/c1-15(25-13-5-6-16-9-11-17(28-2)12-10-16)14-20(27)26-19-8-4-3-7-18(19)21(22,23)24/h3-4,7-12,15,25H,5-6,13-14H2,1-2H3,(H,26,27). The van der Waals surface area contributed by atoms with Crippen LogP contribution < -0.4 is 15.4 Å². The van der Waals surface area contributed by atoms with Gasteiger partial charge in [0.1, 0.15) is 5.75 Å². The third-order valence-electron chi connectivity index (χ3n) is 4.29. The number of aryl methyl sites for hydroxylation is 1. The normalized spacial score (nSPS) is 12.5. The zero-order valence-electron chi connectivity index (χ0n) is 16.0. The minimum absolute atomic E-state index is 0.0920. The molecule has 0 saturated heterocycles. The topological polar surface area (TPSA) is 50.4 Å². The first-order chi connectivity index (χ1) is 13.3. The lowest BCUT2D eigenvalue weighted by Gasteiger charge is -2.16. The van der Waals surface area contributed by atoms with Crippen molar-refractivity contribution in [1.29, 1.82) is 0 Å². The van der Waals surface area contributed by atoms with Gasteiger partial charge in [0.15, 0.2) is 0 Å². The van der Waals surface area contributed by atoms with Crippen molar-refractivity contribution in [3.8, 4) is 5.75 Å². The molecule has 0 radical (unpaired) electrons. The Morgan fingerprint density at radius 3 is 2.43 bits per heavy atom. The third-order valence-corrected chi connectivity index (χ3v) is 4.29. The van der Waals surface area contributed by atoms with Crippen molar-refractivity contribution in [2.75, 3.05) is 19.0 Å². The van der Waals surface area contributed by atoms with Gasteiger partial charge >= 0.3 is 6.18 Å². The largest absolute Gasteiger partial charge is 0.497 e. The Hall–Kier alpha value is -2.54. The Labute approximate surface area is 163 Å². The Morgan fingerprint density at radius 1 is 1.11 bits per heavy atom. The Kier molecular flexibility index (Phi) is 7.87. The molecule has 0 spiro atoms.